The largest absolute Gasteiger partial charge is 0.428 e. The van der Waals surface area contributed by atoms with Crippen LogP contribution >= 0.6 is 57.7 Å². The van der Waals surface area contributed by atoms with Crippen molar-refractivity contribution in [2.45, 2.75) is 11.1 Å². The number of alkyl halides is 3. The molecule has 0 amide bonds. The Morgan fingerprint density at radius 3 is 2.18 bits per heavy atom. The Bertz CT molecular complexity index is 1500. The number of ether oxygens (including phenoxy) is 1. The molecule has 3 aromatic carbocycles. The minimum atomic E-state index is -4.68. The van der Waals surface area contributed by atoms with Crippen molar-refractivity contribution in [2.24, 2.45) is 0 Å². The van der Waals surface area contributed by atoms with Crippen molar-refractivity contribution in [1.82, 2.24) is 4.98 Å². The fourth-order valence-electron chi connectivity index (χ4n) is 2.85. The van der Waals surface area contributed by atoms with Crippen molar-refractivity contribution in [3.63, 3.8) is 0 Å². The van der Waals surface area contributed by atoms with E-state index in [1.165, 1.54) is 23.5 Å². The molecule has 1 N–H and O–H groups in total. The number of para-hydroxylation sites is 1. The smallest absolute Gasteiger partial charge is 0.416 e. The molecule has 4 aromatic rings. The fraction of sp³-hybridized carbons (Fsp3) is 0.0500. The van der Waals surface area contributed by atoms with Crippen LogP contribution < -0.4 is 9.46 Å². The third-order valence-corrected chi connectivity index (χ3v) is 7.97. The molecule has 0 aliphatic heterocycles. The molecule has 14 heteroatoms. The van der Waals surface area contributed by atoms with Gasteiger partial charge in [0.2, 0.25) is 0 Å². The monoisotopic (exact) mass is 586 g/mol. The molecule has 0 fully saturated rings. The summed E-state index contributed by atoms with van der Waals surface area (Å²) in [4.78, 5) is 3.73. The molecule has 0 spiro atoms. The summed E-state index contributed by atoms with van der Waals surface area (Å²) in [6.45, 7) is 0. The van der Waals surface area contributed by atoms with E-state index < -0.39 is 31.7 Å². The molecular weight excluding hydrogens is 579 g/mol. The highest BCUT2D eigenvalue weighted by Gasteiger charge is 2.32. The van der Waals surface area contributed by atoms with Crippen molar-refractivity contribution < 1.29 is 26.3 Å². The van der Waals surface area contributed by atoms with E-state index in [9.17, 15) is 21.6 Å². The van der Waals surface area contributed by atoms with Crippen molar-refractivity contribution in [3.8, 4) is 10.9 Å². The highest BCUT2D eigenvalue weighted by molar-refractivity contribution is 7.92. The minimum Gasteiger partial charge on any atom is -0.428 e. The standard InChI is InChI=1S/C20H9Cl4F3N2O3S2/c21-11-2-1-3-15-17(11)28-19(33-15)32-18-13(23)7-10(8-14(18)24)29-34(30,31)16-5-4-9(6-12(16)22)20(25,26)27/h1-8,29H. The van der Waals surface area contributed by atoms with Gasteiger partial charge >= 0.3 is 6.18 Å². The Hall–Kier alpha value is -1.95. The van der Waals surface area contributed by atoms with Crippen LogP contribution in [0, 0.1) is 0 Å². The van der Waals surface area contributed by atoms with Crippen molar-refractivity contribution in [1.29, 1.82) is 0 Å². The molecule has 0 unspecified atom stereocenters. The predicted octanol–water partition coefficient (Wildman–Crippen LogP) is 8.52. The van der Waals surface area contributed by atoms with Gasteiger partial charge in [0.15, 0.2) is 5.75 Å². The fourth-order valence-corrected chi connectivity index (χ4v) is 6.12. The number of fused-ring (bicyclic) bond motifs is 1. The van der Waals surface area contributed by atoms with Crippen LogP contribution in [0.5, 0.6) is 10.9 Å². The first kappa shape index (κ1) is 25.2. The molecule has 34 heavy (non-hydrogen) atoms. The van der Waals surface area contributed by atoms with Crippen LogP contribution in [0.3, 0.4) is 0 Å². The molecular formula is C20H9Cl4F3N2O3S2. The zero-order valence-corrected chi connectivity index (χ0v) is 20.9. The van der Waals surface area contributed by atoms with E-state index in [4.69, 9.17) is 51.1 Å². The van der Waals surface area contributed by atoms with Crippen LogP contribution in [0.2, 0.25) is 20.1 Å². The van der Waals surface area contributed by atoms with Gasteiger partial charge < -0.3 is 4.74 Å². The van der Waals surface area contributed by atoms with E-state index in [2.05, 4.69) is 9.71 Å². The Kier molecular flexibility index (Phi) is 6.84. The highest BCUT2D eigenvalue weighted by Crippen LogP contribution is 2.42. The second-order valence-electron chi connectivity index (χ2n) is 6.69. The van der Waals surface area contributed by atoms with Gasteiger partial charge in [-0.15, -0.1) is 0 Å². The normalized spacial score (nSPS) is 12.2. The number of benzene rings is 3. The van der Waals surface area contributed by atoms with Gasteiger partial charge in [0.05, 0.1) is 36.0 Å². The van der Waals surface area contributed by atoms with Crippen LogP contribution in [0.25, 0.3) is 10.2 Å². The lowest BCUT2D eigenvalue weighted by Crippen LogP contribution is -2.14. The average Bonchev–Trinajstić information content (AvgIpc) is 3.14. The Balaban J connectivity index is 1.61. The second kappa shape index (κ2) is 9.25. The number of thiazole rings is 1. The van der Waals surface area contributed by atoms with Gasteiger partial charge in [-0.05, 0) is 42.5 Å². The molecule has 0 saturated heterocycles. The van der Waals surface area contributed by atoms with Crippen molar-refractivity contribution >= 4 is 83.7 Å². The first-order chi connectivity index (χ1) is 15.8. The van der Waals surface area contributed by atoms with Crippen LogP contribution in [0.1, 0.15) is 5.56 Å². The SMILES string of the molecule is O=S(=O)(Nc1cc(Cl)c(Oc2nc3c(Cl)cccc3s2)c(Cl)c1)c1ccc(C(F)(F)F)cc1Cl. The molecule has 0 bridgehead atoms. The molecule has 1 heterocycles. The molecule has 5 nitrogen and oxygen atoms in total. The molecule has 0 atom stereocenters. The number of hydrogen-bond donors (Lipinski definition) is 1. The lowest BCUT2D eigenvalue weighted by Gasteiger charge is -2.14. The first-order valence-corrected chi connectivity index (χ1v) is 12.8. The van der Waals surface area contributed by atoms with E-state index in [0.717, 1.165) is 10.8 Å². The topological polar surface area (TPSA) is 68.3 Å². The summed E-state index contributed by atoms with van der Waals surface area (Å²) < 4.78 is 72.5. The van der Waals surface area contributed by atoms with Gasteiger partial charge in [0.1, 0.15) is 10.4 Å². The number of sulfonamides is 1. The van der Waals surface area contributed by atoms with Crippen molar-refractivity contribution in [2.75, 3.05) is 4.72 Å². The molecule has 0 aliphatic rings. The number of anilines is 1. The van der Waals surface area contributed by atoms with E-state index in [-0.39, 0.29) is 26.7 Å². The molecule has 0 aliphatic carbocycles. The second-order valence-corrected chi connectivity index (χ2v) is 11.0. The van der Waals surface area contributed by atoms with Gasteiger partial charge in [0.25, 0.3) is 15.2 Å². The number of hydrogen-bond acceptors (Lipinski definition) is 5. The lowest BCUT2D eigenvalue weighted by molar-refractivity contribution is -0.137. The summed E-state index contributed by atoms with van der Waals surface area (Å²) in [7, 11) is -4.37. The van der Waals surface area contributed by atoms with Crippen LogP contribution in [-0.4, -0.2) is 13.4 Å². The molecule has 0 radical (unpaired) electrons. The van der Waals surface area contributed by atoms with Crippen LogP contribution in [0.15, 0.2) is 53.4 Å². The van der Waals surface area contributed by atoms with E-state index in [1.54, 1.807) is 18.2 Å². The Labute approximate surface area is 215 Å². The zero-order chi connectivity index (χ0) is 24.8. The van der Waals surface area contributed by atoms with Crippen LogP contribution in [-0.2, 0) is 16.2 Å². The summed E-state index contributed by atoms with van der Waals surface area (Å²) in [5, 5.41) is -0.0543. The maximum absolute atomic E-state index is 12.8. The minimum absolute atomic E-state index is 0.0222. The van der Waals surface area contributed by atoms with Gasteiger partial charge in [0, 0.05) is 0 Å². The van der Waals surface area contributed by atoms with Gasteiger partial charge in [-0.3, -0.25) is 4.72 Å². The maximum atomic E-state index is 12.8. The quantitative estimate of drug-likeness (QED) is 0.254. The molecule has 0 saturated carbocycles. The summed E-state index contributed by atoms with van der Waals surface area (Å²) in [5.74, 6) is 0.0222. The van der Waals surface area contributed by atoms with Crippen LogP contribution in [0.4, 0.5) is 18.9 Å². The number of aromatic nitrogens is 1. The predicted molar refractivity (Wildman–Crippen MR) is 128 cm³/mol. The van der Waals surface area contributed by atoms with E-state index >= 15 is 0 Å². The molecule has 4 rings (SSSR count). The highest BCUT2D eigenvalue weighted by atomic mass is 35.5. The van der Waals surface area contributed by atoms with E-state index in [1.807, 2.05) is 0 Å². The van der Waals surface area contributed by atoms with Gasteiger partial charge in [-0.1, -0.05) is 63.8 Å². The summed E-state index contributed by atoms with van der Waals surface area (Å²) in [5.41, 5.74) is -0.611. The summed E-state index contributed by atoms with van der Waals surface area (Å²) >= 11 is 25.6. The lowest BCUT2D eigenvalue weighted by atomic mass is 10.2. The summed E-state index contributed by atoms with van der Waals surface area (Å²) in [6, 6.07) is 9.58. The average molecular weight is 588 g/mol. The van der Waals surface area contributed by atoms with Gasteiger partial charge in [-0.2, -0.15) is 13.2 Å². The first-order valence-electron chi connectivity index (χ1n) is 8.96. The third kappa shape index (κ3) is 5.17. The zero-order valence-electron chi connectivity index (χ0n) is 16.3. The van der Waals surface area contributed by atoms with E-state index in [0.29, 0.717) is 22.7 Å². The number of nitrogens with zero attached hydrogens (tertiary/aromatic N) is 1. The maximum Gasteiger partial charge on any atom is 0.416 e. The Morgan fingerprint density at radius 1 is 0.912 bits per heavy atom. The van der Waals surface area contributed by atoms with Crippen molar-refractivity contribution in [3.05, 3.63) is 74.2 Å². The number of nitrogens with one attached hydrogen (secondary N) is 1. The molecule has 1 aromatic heterocycles. The Morgan fingerprint density at radius 2 is 1.59 bits per heavy atom. The van der Waals surface area contributed by atoms with Gasteiger partial charge in [-0.25, -0.2) is 13.4 Å². The number of halogens is 7. The number of rotatable bonds is 5. The molecule has 178 valence electrons. The third-order valence-electron chi connectivity index (χ3n) is 4.34. The summed E-state index contributed by atoms with van der Waals surface area (Å²) in [6.07, 6.45) is -4.68.